The predicted octanol–water partition coefficient (Wildman–Crippen LogP) is 2.58. The van der Waals surface area contributed by atoms with Crippen molar-refractivity contribution >= 4 is 17.5 Å². The van der Waals surface area contributed by atoms with E-state index in [1.54, 1.807) is 0 Å². The Morgan fingerprint density at radius 1 is 1.19 bits per heavy atom. The van der Waals surface area contributed by atoms with Crippen LogP contribution in [0, 0.1) is 5.92 Å². The van der Waals surface area contributed by atoms with Gasteiger partial charge in [0.15, 0.2) is 0 Å². The van der Waals surface area contributed by atoms with Gasteiger partial charge in [-0.15, -0.1) is 0 Å². The normalized spacial score (nSPS) is 18.4. The first-order chi connectivity index (χ1) is 15.2. The van der Waals surface area contributed by atoms with Crippen molar-refractivity contribution in [1.29, 1.82) is 0 Å². The summed E-state index contributed by atoms with van der Waals surface area (Å²) in [7, 11) is 0. The van der Waals surface area contributed by atoms with Crippen LogP contribution in [0.4, 0.5) is 11.6 Å². The quantitative estimate of drug-likeness (QED) is 0.738. The molecule has 1 aliphatic heterocycles. The number of fused-ring (bicyclic) bond motifs is 1. The molecule has 2 aromatic rings. The van der Waals surface area contributed by atoms with E-state index in [0.29, 0.717) is 13.0 Å². The number of carbonyl (C=O) groups excluding carboxylic acids is 1. The van der Waals surface area contributed by atoms with Crippen molar-refractivity contribution in [2.45, 2.75) is 39.7 Å². The molecule has 0 spiro atoms. The second-order valence-corrected chi connectivity index (χ2v) is 8.24. The zero-order valence-electron chi connectivity index (χ0n) is 18.6. The Labute approximate surface area is 184 Å². The van der Waals surface area contributed by atoms with Gasteiger partial charge in [-0.25, -0.2) is 9.97 Å². The molecule has 1 aromatic heterocycles. The van der Waals surface area contributed by atoms with Gasteiger partial charge < -0.3 is 19.9 Å². The van der Waals surface area contributed by atoms with Crippen LogP contribution in [0.5, 0.6) is 0 Å². The average molecular weight is 424 g/mol. The maximum Gasteiger partial charge on any atom is 0.225 e. The smallest absolute Gasteiger partial charge is 0.225 e. The summed E-state index contributed by atoms with van der Waals surface area (Å²) < 4.78 is 5.41. The summed E-state index contributed by atoms with van der Waals surface area (Å²) in [6.45, 7) is 9.98. The summed E-state index contributed by atoms with van der Waals surface area (Å²) in [5, 5.41) is 3.12. The number of morpholine rings is 1. The molecule has 7 nitrogen and oxygen atoms in total. The van der Waals surface area contributed by atoms with Crippen LogP contribution < -0.4 is 15.1 Å². The molecule has 1 fully saturated rings. The molecule has 1 atom stereocenters. The van der Waals surface area contributed by atoms with Crippen LogP contribution >= 0.6 is 0 Å². The number of aryl methyl sites for hydroxylation is 1. The number of aromatic nitrogens is 2. The predicted molar refractivity (Wildman–Crippen MR) is 122 cm³/mol. The molecule has 2 aliphatic rings. The van der Waals surface area contributed by atoms with Crippen molar-refractivity contribution in [1.82, 2.24) is 15.3 Å². The van der Waals surface area contributed by atoms with Crippen LogP contribution in [0.1, 0.15) is 37.1 Å². The highest BCUT2D eigenvalue weighted by Crippen LogP contribution is 2.26. The van der Waals surface area contributed by atoms with E-state index < -0.39 is 0 Å². The molecule has 166 valence electrons. The molecule has 4 rings (SSSR count). The van der Waals surface area contributed by atoms with E-state index in [-0.39, 0.29) is 11.8 Å². The molecule has 1 aromatic carbocycles. The zero-order chi connectivity index (χ0) is 21.6. The molecule has 0 radical (unpaired) electrons. The Morgan fingerprint density at radius 2 is 1.94 bits per heavy atom. The van der Waals surface area contributed by atoms with Crippen molar-refractivity contribution in [3.8, 4) is 0 Å². The van der Waals surface area contributed by atoms with Gasteiger partial charge in [0.05, 0.1) is 13.2 Å². The molecule has 31 heavy (non-hydrogen) atoms. The monoisotopic (exact) mass is 423 g/mol. The van der Waals surface area contributed by atoms with Crippen LogP contribution in [0.3, 0.4) is 0 Å². The lowest BCUT2D eigenvalue weighted by Gasteiger charge is -2.28. The second-order valence-electron chi connectivity index (χ2n) is 8.24. The standard InChI is InChI=1S/C24H33N5O2/c1-3-28(4-2)21-8-5-18(6-9-21)16-25-23(30)19-7-10-22-20(15-19)17-26-24(27-22)29-11-13-31-14-12-29/h5-6,8-9,17,19H,3-4,7,10-16H2,1-2H3,(H,25,30). The zero-order valence-corrected chi connectivity index (χ0v) is 18.6. The first-order valence-corrected chi connectivity index (χ1v) is 11.5. The summed E-state index contributed by atoms with van der Waals surface area (Å²) in [6.07, 6.45) is 4.29. The van der Waals surface area contributed by atoms with Gasteiger partial charge in [0.1, 0.15) is 0 Å². The Morgan fingerprint density at radius 3 is 2.65 bits per heavy atom. The van der Waals surface area contributed by atoms with E-state index >= 15 is 0 Å². The van der Waals surface area contributed by atoms with Crippen LogP contribution in [-0.2, 0) is 28.9 Å². The summed E-state index contributed by atoms with van der Waals surface area (Å²) in [5.74, 6) is 0.897. The van der Waals surface area contributed by atoms with Gasteiger partial charge in [-0.2, -0.15) is 0 Å². The minimum atomic E-state index is -0.0136. The molecule has 1 amide bonds. The molecule has 7 heteroatoms. The SMILES string of the molecule is CCN(CC)c1ccc(CNC(=O)C2CCc3nc(N4CCOCC4)ncc3C2)cc1. The summed E-state index contributed by atoms with van der Waals surface area (Å²) in [6, 6.07) is 8.47. The van der Waals surface area contributed by atoms with Crippen LogP contribution in [-0.4, -0.2) is 55.3 Å². The molecule has 1 aliphatic carbocycles. The lowest BCUT2D eigenvalue weighted by Crippen LogP contribution is -2.38. The second kappa shape index (κ2) is 10.1. The van der Waals surface area contributed by atoms with Crippen molar-refractivity contribution in [3.05, 3.63) is 47.3 Å². The Bertz CT molecular complexity index is 876. The van der Waals surface area contributed by atoms with Crippen LogP contribution in [0.25, 0.3) is 0 Å². The maximum atomic E-state index is 12.8. The minimum absolute atomic E-state index is 0.0136. The summed E-state index contributed by atoms with van der Waals surface area (Å²) in [5.41, 5.74) is 4.54. The minimum Gasteiger partial charge on any atom is -0.378 e. The lowest BCUT2D eigenvalue weighted by molar-refractivity contribution is -0.125. The van der Waals surface area contributed by atoms with Crippen LogP contribution in [0.15, 0.2) is 30.5 Å². The third kappa shape index (κ3) is 5.15. The fourth-order valence-electron chi connectivity index (χ4n) is 4.38. The molecular weight excluding hydrogens is 390 g/mol. The number of benzene rings is 1. The number of anilines is 2. The third-order valence-corrected chi connectivity index (χ3v) is 6.33. The van der Waals surface area contributed by atoms with Gasteiger partial charge in [-0.3, -0.25) is 4.79 Å². The number of carbonyl (C=O) groups is 1. The number of amides is 1. The van der Waals surface area contributed by atoms with E-state index in [9.17, 15) is 4.79 Å². The first-order valence-electron chi connectivity index (χ1n) is 11.5. The molecule has 0 bridgehead atoms. The van der Waals surface area contributed by atoms with Crippen molar-refractivity contribution < 1.29 is 9.53 Å². The Balaban J connectivity index is 1.31. The molecule has 1 unspecified atom stereocenters. The van der Waals surface area contributed by atoms with E-state index in [1.165, 1.54) is 5.69 Å². The molecular formula is C24H33N5O2. The molecule has 1 saturated heterocycles. The number of hydrogen-bond donors (Lipinski definition) is 1. The number of nitrogens with one attached hydrogen (secondary N) is 1. The highest BCUT2D eigenvalue weighted by Gasteiger charge is 2.26. The molecule has 0 saturated carbocycles. The number of ether oxygens (including phenoxy) is 1. The fraction of sp³-hybridized carbons (Fsp3) is 0.542. The van der Waals surface area contributed by atoms with E-state index in [1.807, 2.05) is 6.20 Å². The van der Waals surface area contributed by atoms with Gasteiger partial charge in [0.25, 0.3) is 0 Å². The van der Waals surface area contributed by atoms with Gasteiger partial charge >= 0.3 is 0 Å². The number of hydrogen-bond acceptors (Lipinski definition) is 6. The highest BCUT2D eigenvalue weighted by atomic mass is 16.5. The lowest BCUT2D eigenvalue weighted by atomic mass is 9.86. The maximum absolute atomic E-state index is 12.8. The molecule has 2 heterocycles. The Kier molecular flexibility index (Phi) is 7.02. The summed E-state index contributed by atoms with van der Waals surface area (Å²) in [4.78, 5) is 26.6. The van der Waals surface area contributed by atoms with Gasteiger partial charge in [0.2, 0.25) is 11.9 Å². The van der Waals surface area contributed by atoms with Gasteiger partial charge in [-0.05, 0) is 56.4 Å². The largest absolute Gasteiger partial charge is 0.378 e. The van der Waals surface area contributed by atoms with E-state index in [4.69, 9.17) is 9.72 Å². The fourth-order valence-corrected chi connectivity index (χ4v) is 4.38. The number of rotatable bonds is 7. The first kappa shape index (κ1) is 21.6. The van der Waals surface area contributed by atoms with Crippen molar-refractivity contribution in [2.24, 2.45) is 5.92 Å². The Hall–Kier alpha value is -2.67. The van der Waals surface area contributed by atoms with Crippen molar-refractivity contribution in [2.75, 3.05) is 49.2 Å². The summed E-state index contributed by atoms with van der Waals surface area (Å²) >= 11 is 0. The third-order valence-electron chi connectivity index (χ3n) is 6.33. The number of nitrogens with zero attached hydrogens (tertiary/aromatic N) is 4. The topological polar surface area (TPSA) is 70.6 Å². The van der Waals surface area contributed by atoms with Gasteiger partial charge in [0, 0.05) is 56.2 Å². The van der Waals surface area contributed by atoms with E-state index in [2.05, 4.69) is 58.2 Å². The highest BCUT2D eigenvalue weighted by molar-refractivity contribution is 5.79. The van der Waals surface area contributed by atoms with Crippen molar-refractivity contribution in [3.63, 3.8) is 0 Å². The molecule has 1 N–H and O–H groups in total. The van der Waals surface area contributed by atoms with E-state index in [0.717, 1.165) is 75.0 Å². The van der Waals surface area contributed by atoms with Gasteiger partial charge in [-0.1, -0.05) is 12.1 Å². The van der Waals surface area contributed by atoms with Crippen LogP contribution in [0.2, 0.25) is 0 Å². The average Bonchev–Trinajstić information content (AvgIpc) is 2.84.